The smallest absolute Gasteiger partial charge is 0.340 e. The van der Waals surface area contributed by atoms with Crippen LogP contribution in [0.3, 0.4) is 0 Å². The standard InChI is InChI=1S/C10H14F6O2/c1-3-5-17-10(18-6-4-2)8(13,14)7(11,12)9(10,15)16/h3-6H2,1-2H3. The quantitative estimate of drug-likeness (QED) is 0.548. The van der Waals surface area contributed by atoms with E-state index in [2.05, 4.69) is 9.47 Å². The summed E-state index contributed by atoms with van der Waals surface area (Å²) in [5.41, 5.74) is 0. The average molecular weight is 280 g/mol. The second-order valence-electron chi connectivity index (χ2n) is 4.04. The summed E-state index contributed by atoms with van der Waals surface area (Å²) >= 11 is 0. The van der Waals surface area contributed by atoms with E-state index in [1.54, 1.807) is 0 Å². The first-order valence-corrected chi connectivity index (χ1v) is 5.53. The van der Waals surface area contributed by atoms with Gasteiger partial charge < -0.3 is 9.47 Å². The van der Waals surface area contributed by atoms with Crippen LogP contribution < -0.4 is 0 Å². The summed E-state index contributed by atoms with van der Waals surface area (Å²) in [5, 5.41) is 0. The van der Waals surface area contributed by atoms with Crippen molar-refractivity contribution < 1.29 is 35.8 Å². The Hall–Kier alpha value is -0.500. The first-order valence-electron chi connectivity index (χ1n) is 5.53. The van der Waals surface area contributed by atoms with Crippen LogP contribution in [0.4, 0.5) is 26.3 Å². The topological polar surface area (TPSA) is 18.5 Å². The van der Waals surface area contributed by atoms with Crippen molar-refractivity contribution in [1.29, 1.82) is 0 Å². The van der Waals surface area contributed by atoms with E-state index in [1.807, 2.05) is 0 Å². The van der Waals surface area contributed by atoms with E-state index < -0.39 is 36.8 Å². The van der Waals surface area contributed by atoms with Crippen molar-refractivity contribution >= 4 is 0 Å². The maximum atomic E-state index is 13.3. The fourth-order valence-corrected chi connectivity index (χ4v) is 1.64. The molecule has 0 aromatic carbocycles. The molecule has 0 N–H and O–H groups in total. The molecule has 0 bridgehead atoms. The van der Waals surface area contributed by atoms with Gasteiger partial charge in [-0.1, -0.05) is 13.8 Å². The third-order valence-corrected chi connectivity index (χ3v) is 2.63. The van der Waals surface area contributed by atoms with Crippen molar-refractivity contribution in [1.82, 2.24) is 0 Å². The molecular formula is C10H14F6O2. The molecule has 1 saturated carbocycles. The Kier molecular flexibility index (Phi) is 3.94. The number of hydrogen-bond acceptors (Lipinski definition) is 2. The van der Waals surface area contributed by atoms with Gasteiger partial charge in [-0.2, -0.15) is 26.3 Å². The molecule has 0 aliphatic heterocycles. The normalized spacial score (nSPS) is 26.7. The lowest BCUT2D eigenvalue weighted by atomic mass is 9.76. The van der Waals surface area contributed by atoms with Crippen LogP contribution in [0.25, 0.3) is 0 Å². The van der Waals surface area contributed by atoms with E-state index in [0.29, 0.717) is 0 Å². The Balaban J connectivity index is 3.09. The molecular weight excluding hydrogens is 266 g/mol. The average Bonchev–Trinajstić information content (AvgIpc) is 2.27. The second kappa shape index (κ2) is 4.56. The Labute approximate surface area is 100 Å². The van der Waals surface area contributed by atoms with Crippen molar-refractivity contribution in [2.75, 3.05) is 13.2 Å². The van der Waals surface area contributed by atoms with Crippen LogP contribution >= 0.6 is 0 Å². The van der Waals surface area contributed by atoms with Gasteiger partial charge in [-0.3, -0.25) is 0 Å². The van der Waals surface area contributed by atoms with Gasteiger partial charge in [-0.15, -0.1) is 0 Å². The maximum absolute atomic E-state index is 13.3. The van der Waals surface area contributed by atoms with Gasteiger partial charge in [0.25, 0.3) is 0 Å². The minimum atomic E-state index is -5.47. The van der Waals surface area contributed by atoms with E-state index in [1.165, 1.54) is 13.8 Å². The summed E-state index contributed by atoms with van der Waals surface area (Å²) in [7, 11) is 0. The molecule has 0 spiro atoms. The van der Waals surface area contributed by atoms with Gasteiger partial charge in [-0.25, -0.2) is 0 Å². The van der Waals surface area contributed by atoms with E-state index >= 15 is 0 Å². The van der Waals surface area contributed by atoms with Crippen LogP contribution in [-0.2, 0) is 9.47 Å². The first kappa shape index (κ1) is 15.6. The van der Waals surface area contributed by atoms with Crippen LogP contribution in [0.2, 0.25) is 0 Å². The van der Waals surface area contributed by atoms with Crippen molar-refractivity contribution in [2.45, 2.75) is 50.2 Å². The first-order chi connectivity index (χ1) is 8.12. The summed E-state index contributed by atoms with van der Waals surface area (Å²) in [5.74, 6) is -19.5. The largest absolute Gasteiger partial charge is 0.383 e. The predicted molar refractivity (Wildman–Crippen MR) is 50.1 cm³/mol. The van der Waals surface area contributed by atoms with Crippen molar-refractivity contribution in [3.05, 3.63) is 0 Å². The third-order valence-electron chi connectivity index (χ3n) is 2.63. The molecule has 0 atom stereocenters. The molecule has 1 fully saturated rings. The molecule has 1 rings (SSSR count). The highest BCUT2D eigenvalue weighted by Crippen LogP contribution is 2.68. The van der Waals surface area contributed by atoms with Gasteiger partial charge in [-0.05, 0) is 12.8 Å². The predicted octanol–water partition coefficient (Wildman–Crippen LogP) is 3.46. The Bertz CT molecular complexity index is 277. The molecule has 18 heavy (non-hydrogen) atoms. The highest BCUT2D eigenvalue weighted by molar-refractivity contribution is 5.24. The molecule has 0 radical (unpaired) electrons. The maximum Gasteiger partial charge on any atom is 0.383 e. The summed E-state index contributed by atoms with van der Waals surface area (Å²) in [6, 6.07) is 0. The molecule has 8 heteroatoms. The lowest BCUT2D eigenvalue weighted by Gasteiger charge is -2.56. The fraction of sp³-hybridized carbons (Fsp3) is 1.00. The second-order valence-corrected chi connectivity index (χ2v) is 4.04. The van der Waals surface area contributed by atoms with Gasteiger partial charge in [0.15, 0.2) is 0 Å². The van der Waals surface area contributed by atoms with Gasteiger partial charge in [0.2, 0.25) is 0 Å². The zero-order valence-electron chi connectivity index (χ0n) is 9.91. The number of halogens is 6. The molecule has 108 valence electrons. The Morgan fingerprint density at radius 2 is 1.00 bits per heavy atom. The van der Waals surface area contributed by atoms with Crippen LogP contribution in [0, 0.1) is 0 Å². The highest BCUT2D eigenvalue weighted by Gasteiger charge is 3.01. The molecule has 0 unspecified atom stereocenters. The summed E-state index contributed by atoms with van der Waals surface area (Å²) in [6.45, 7) is 1.90. The van der Waals surface area contributed by atoms with Crippen LogP contribution in [-0.4, -0.2) is 36.8 Å². The van der Waals surface area contributed by atoms with E-state index in [4.69, 9.17) is 0 Å². The molecule has 0 saturated heterocycles. The Morgan fingerprint density at radius 1 is 0.667 bits per heavy atom. The number of alkyl halides is 6. The molecule has 0 aromatic heterocycles. The fourth-order valence-electron chi connectivity index (χ4n) is 1.64. The molecule has 0 amide bonds. The minimum Gasteiger partial charge on any atom is -0.340 e. The van der Waals surface area contributed by atoms with E-state index in [9.17, 15) is 26.3 Å². The van der Waals surface area contributed by atoms with Crippen LogP contribution in [0.5, 0.6) is 0 Å². The molecule has 0 aromatic rings. The summed E-state index contributed by atoms with van der Waals surface area (Å²) in [4.78, 5) is 0. The highest BCUT2D eigenvalue weighted by atomic mass is 19.4. The van der Waals surface area contributed by atoms with Gasteiger partial charge in [0, 0.05) is 0 Å². The zero-order chi connectivity index (χ0) is 14.2. The summed E-state index contributed by atoms with van der Waals surface area (Å²) < 4.78 is 87.3. The number of rotatable bonds is 6. The summed E-state index contributed by atoms with van der Waals surface area (Å²) in [6.07, 6.45) is 0.240. The third kappa shape index (κ3) is 1.57. The lowest BCUT2D eigenvalue weighted by molar-refractivity contribution is -0.559. The molecule has 0 heterocycles. The van der Waals surface area contributed by atoms with Gasteiger partial charge in [0.05, 0.1) is 13.2 Å². The SMILES string of the molecule is CCCOC1(OCCC)C(F)(F)C(F)(F)C1(F)F. The van der Waals surface area contributed by atoms with Gasteiger partial charge in [0.1, 0.15) is 0 Å². The number of hydrogen-bond donors (Lipinski definition) is 0. The van der Waals surface area contributed by atoms with Crippen LogP contribution in [0.15, 0.2) is 0 Å². The monoisotopic (exact) mass is 280 g/mol. The molecule has 1 aliphatic carbocycles. The van der Waals surface area contributed by atoms with E-state index in [-0.39, 0.29) is 12.8 Å². The van der Waals surface area contributed by atoms with Crippen molar-refractivity contribution in [3.63, 3.8) is 0 Å². The lowest BCUT2D eigenvalue weighted by Crippen LogP contribution is -2.87. The van der Waals surface area contributed by atoms with Crippen molar-refractivity contribution in [2.24, 2.45) is 0 Å². The van der Waals surface area contributed by atoms with Crippen molar-refractivity contribution in [3.8, 4) is 0 Å². The molecule has 1 aliphatic rings. The van der Waals surface area contributed by atoms with Gasteiger partial charge >= 0.3 is 23.6 Å². The minimum absolute atomic E-state index is 0.120. The van der Waals surface area contributed by atoms with Crippen LogP contribution in [0.1, 0.15) is 26.7 Å². The molecule has 2 nitrogen and oxygen atoms in total. The van der Waals surface area contributed by atoms with E-state index in [0.717, 1.165) is 0 Å². The number of ether oxygens (including phenoxy) is 2. The Morgan fingerprint density at radius 3 is 1.28 bits per heavy atom. The zero-order valence-corrected chi connectivity index (χ0v) is 9.91.